The summed E-state index contributed by atoms with van der Waals surface area (Å²) in [6.07, 6.45) is 0.946. The number of carboxylic acids is 1. The number of aromatic nitrogens is 1. The van der Waals surface area contributed by atoms with Crippen LogP contribution in [0, 0.1) is 0 Å². The van der Waals surface area contributed by atoms with Gasteiger partial charge in [-0.3, -0.25) is 0 Å². The number of carboxylic acid groups (broad SMARTS) is 1. The average molecular weight is 394 g/mol. The molecular weight excluding hydrogens is 372 g/mol. The first-order valence-electron chi connectivity index (χ1n) is 9.42. The molecule has 1 aliphatic rings. The Hall–Kier alpha value is -3.32. The molecule has 2 N–H and O–H groups in total. The van der Waals surface area contributed by atoms with Crippen LogP contribution < -0.4 is 9.64 Å². The van der Waals surface area contributed by atoms with E-state index in [1.807, 2.05) is 35.2 Å². The summed E-state index contributed by atoms with van der Waals surface area (Å²) in [5.41, 5.74) is 0.584. The maximum Gasteiger partial charge on any atom is 0.343 e. The third-order valence-corrected chi connectivity index (χ3v) is 5.44. The number of rotatable bonds is 5. The maximum atomic E-state index is 12.0. The lowest BCUT2D eigenvalue weighted by Crippen LogP contribution is -2.43. The van der Waals surface area contributed by atoms with Crippen molar-refractivity contribution in [3.05, 3.63) is 65.7 Å². The van der Waals surface area contributed by atoms with Crippen LogP contribution >= 0.6 is 0 Å². The van der Waals surface area contributed by atoms with E-state index >= 15 is 0 Å². The normalized spacial score (nSPS) is 15.9. The molecule has 1 aromatic heterocycles. The van der Waals surface area contributed by atoms with Gasteiger partial charge >= 0.3 is 5.97 Å². The Bertz CT molecular complexity index is 990. The highest BCUT2D eigenvalue weighted by atomic mass is 16.5. The second kappa shape index (κ2) is 7.60. The molecule has 3 aromatic rings. The third kappa shape index (κ3) is 3.56. The van der Waals surface area contributed by atoms with Crippen LogP contribution in [0.3, 0.4) is 0 Å². The van der Waals surface area contributed by atoms with E-state index in [2.05, 4.69) is 5.16 Å². The topological polar surface area (TPSA) is 96.0 Å². The van der Waals surface area contributed by atoms with E-state index in [0.717, 1.165) is 5.56 Å². The first kappa shape index (κ1) is 19.0. The molecule has 0 radical (unpaired) electrons. The molecule has 4 rings (SSSR count). The van der Waals surface area contributed by atoms with Gasteiger partial charge in [-0.1, -0.05) is 35.5 Å². The molecule has 7 nitrogen and oxygen atoms in total. The van der Waals surface area contributed by atoms with Crippen LogP contribution in [0.25, 0.3) is 11.3 Å². The molecule has 1 saturated heterocycles. The summed E-state index contributed by atoms with van der Waals surface area (Å²) < 4.78 is 10.6. The second-order valence-electron chi connectivity index (χ2n) is 7.13. The minimum Gasteiger partial charge on any atom is -0.497 e. The van der Waals surface area contributed by atoms with Crippen molar-refractivity contribution in [3.8, 4) is 17.1 Å². The predicted octanol–water partition coefficient (Wildman–Crippen LogP) is 3.54. The fourth-order valence-corrected chi connectivity index (χ4v) is 3.76. The first-order valence-corrected chi connectivity index (χ1v) is 9.42. The van der Waals surface area contributed by atoms with Crippen LogP contribution in [0.1, 0.15) is 28.8 Å². The van der Waals surface area contributed by atoms with Crippen molar-refractivity contribution < 1.29 is 24.3 Å². The summed E-state index contributed by atoms with van der Waals surface area (Å²) in [5.74, 6) is 0.0648. The lowest BCUT2D eigenvalue weighted by atomic mass is 9.84. The number of benzene rings is 2. The van der Waals surface area contributed by atoms with Crippen molar-refractivity contribution in [1.82, 2.24) is 5.16 Å². The van der Waals surface area contributed by atoms with Crippen molar-refractivity contribution in [2.75, 3.05) is 25.1 Å². The smallest absolute Gasteiger partial charge is 0.343 e. The average Bonchev–Trinajstić information content (AvgIpc) is 3.20. The summed E-state index contributed by atoms with van der Waals surface area (Å²) in [7, 11) is 1.57. The highest BCUT2D eigenvalue weighted by Gasteiger charge is 2.37. The molecule has 0 bridgehead atoms. The molecule has 1 aliphatic heterocycles. The van der Waals surface area contributed by atoms with Crippen molar-refractivity contribution in [1.29, 1.82) is 0 Å². The molecule has 0 unspecified atom stereocenters. The van der Waals surface area contributed by atoms with Crippen LogP contribution in [-0.2, 0) is 5.60 Å². The second-order valence-corrected chi connectivity index (χ2v) is 7.13. The van der Waals surface area contributed by atoms with E-state index in [0.29, 0.717) is 43.1 Å². The summed E-state index contributed by atoms with van der Waals surface area (Å²) in [6, 6.07) is 16.5. The van der Waals surface area contributed by atoms with Crippen LogP contribution in [-0.4, -0.2) is 41.5 Å². The van der Waals surface area contributed by atoms with Gasteiger partial charge in [0.2, 0.25) is 0 Å². The summed E-state index contributed by atoms with van der Waals surface area (Å²) in [6.45, 7) is 0.945. The van der Waals surface area contributed by atoms with E-state index in [-0.39, 0.29) is 11.3 Å². The number of methoxy groups -OCH3 is 1. The molecule has 29 heavy (non-hydrogen) atoms. The number of ether oxygens (including phenoxy) is 1. The van der Waals surface area contributed by atoms with Crippen molar-refractivity contribution in [2.24, 2.45) is 0 Å². The summed E-state index contributed by atoms with van der Waals surface area (Å²) >= 11 is 0. The standard InChI is InChI=1S/C22H22N2O5/c1-28-17-9-7-15(8-10-17)19-18(21(25)26)20(23-29-19)24-13-11-22(27,12-14-24)16-5-3-2-4-6-16/h2-10,27H,11-14H2,1H3,(H,25,26). The Morgan fingerprint density at radius 2 is 1.76 bits per heavy atom. The molecule has 1 fully saturated rings. The third-order valence-electron chi connectivity index (χ3n) is 5.44. The number of hydrogen-bond acceptors (Lipinski definition) is 6. The number of anilines is 1. The van der Waals surface area contributed by atoms with Crippen LogP contribution in [0.15, 0.2) is 59.1 Å². The number of aromatic carboxylic acids is 1. The van der Waals surface area contributed by atoms with E-state index in [1.54, 1.807) is 31.4 Å². The molecule has 0 atom stereocenters. The van der Waals surface area contributed by atoms with E-state index in [9.17, 15) is 15.0 Å². The molecule has 0 saturated carbocycles. The molecule has 7 heteroatoms. The minimum atomic E-state index is -1.10. The fourth-order valence-electron chi connectivity index (χ4n) is 3.76. The minimum absolute atomic E-state index is 0.0281. The van der Waals surface area contributed by atoms with Gasteiger partial charge in [-0.15, -0.1) is 0 Å². The highest BCUT2D eigenvalue weighted by Crippen LogP contribution is 2.37. The van der Waals surface area contributed by atoms with Gasteiger partial charge in [0, 0.05) is 18.7 Å². The zero-order valence-electron chi connectivity index (χ0n) is 16.0. The van der Waals surface area contributed by atoms with Gasteiger partial charge < -0.3 is 24.4 Å². The number of carbonyl (C=O) groups is 1. The Kier molecular flexibility index (Phi) is 4.98. The summed E-state index contributed by atoms with van der Waals surface area (Å²) in [4.78, 5) is 13.8. The van der Waals surface area contributed by atoms with Crippen molar-refractivity contribution >= 4 is 11.8 Å². The number of piperidine rings is 1. The first-order chi connectivity index (χ1) is 14.0. The van der Waals surface area contributed by atoms with Gasteiger partial charge in [-0.25, -0.2) is 4.79 Å². The molecule has 0 spiro atoms. The van der Waals surface area contributed by atoms with Gasteiger partial charge in [-0.05, 0) is 42.7 Å². The van der Waals surface area contributed by atoms with Crippen LogP contribution in [0.5, 0.6) is 5.75 Å². The molecule has 0 amide bonds. The van der Waals surface area contributed by atoms with Crippen LogP contribution in [0.2, 0.25) is 0 Å². The van der Waals surface area contributed by atoms with Gasteiger partial charge in [0.05, 0.1) is 12.7 Å². The van der Waals surface area contributed by atoms with Gasteiger partial charge in [0.1, 0.15) is 5.75 Å². The zero-order chi connectivity index (χ0) is 20.4. The highest BCUT2D eigenvalue weighted by molar-refractivity contribution is 5.99. The van der Waals surface area contributed by atoms with E-state index in [4.69, 9.17) is 9.26 Å². The lowest BCUT2D eigenvalue weighted by Gasteiger charge is -2.38. The monoisotopic (exact) mass is 394 g/mol. The van der Waals surface area contributed by atoms with Gasteiger partial charge in [0.25, 0.3) is 0 Å². The molecule has 150 valence electrons. The molecule has 2 aromatic carbocycles. The van der Waals surface area contributed by atoms with Gasteiger partial charge in [0.15, 0.2) is 17.1 Å². The van der Waals surface area contributed by atoms with E-state index in [1.165, 1.54) is 0 Å². The Morgan fingerprint density at radius 1 is 1.10 bits per heavy atom. The summed E-state index contributed by atoms with van der Waals surface area (Å²) in [5, 5.41) is 24.9. The largest absolute Gasteiger partial charge is 0.497 e. The lowest BCUT2D eigenvalue weighted by molar-refractivity contribution is 0.0115. The molecular formula is C22H22N2O5. The Morgan fingerprint density at radius 3 is 2.34 bits per heavy atom. The predicted molar refractivity (Wildman–Crippen MR) is 107 cm³/mol. The van der Waals surface area contributed by atoms with Crippen molar-refractivity contribution in [3.63, 3.8) is 0 Å². The number of nitrogens with zero attached hydrogens (tertiary/aromatic N) is 2. The molecule has 2 heterocycles. The fraction of sp³-hybridized carbons (Fsp3) is 0.273. The maximum absolute atomic E-state index is 12.0. The van der Waals surface area contributed by atoms with Gasteiger partial charge in [-0.2, -0.15) is 0 Å². The quantitative estimate of drug-likeness (QED) is 0.683. The number of hydrogen-bond donors (Lipinski definition) is 2. The molecule has 0 aliphatic carbocycles. The van der Waals surface area contributed by atoms with Crippen molar-refractivity contribution in [2.45, 2.75) is 18.4 Å². The zero-order valence-corrected chi connectivity index (χ0v) is 16.0. The SMILES string of the molecule is COc1ccc(-c2onc(N3CCC(O)(c4ccccc4)CC3)c2C(=O)O)cc1. The number of aliphatic hydroxyl groups is 1. The van der Waals surface area contributed by atoms with E-state index < -0.39 is 11.6 Å². The Labute approximate surface area is 168 Å². The van der Waals surface area contributed by atoms with Crippen LogP contribution in [0.4, 0.5) is 5.82 Å². The Balaban J connectivity index is 1.60.